The average Bonchev–Trinajstić information content (AvgIpc) is 3.15. The van der Waals surface area contributed by atoms with Crippen LogP contribution in [0.2, 0.25) is 5.02 Å². The number of rotatable bonds is 5. The Morgan fingerprint density at radius 2 is 1.92 bits per heavy atom. The van der Waals surface area contributed by atoms with Crippen LogP contribution in [0.1, 0.15) is 11.5 Å². The third kappa shape index (κ3) is 3.97. The minimum absolute atomic E-state index is 0.0241. The Labute approximate surface area is 161 Å². The molecule has 0 heterocycles. The first-order valence-electron chi connectivity index (χ1n) is 7.63. The third-order valence-corrected chi connectivity index (χ3v) is 5.47. The molecule has 2 aromatic carbocycles. The van der Waals surface area contributed by atoms with Gasteiger partial charge in [0.2, 0.25) is 0 Å². The lowest BCUT2D eigenvalue weighted by atomic mass is 10.1. The highest BCUT2D eigenvalue weighted by molar-refractivity contribution is 6.52. The van der Waals surface area contributed by atoms with Gasteiger partial charge >= 0.3 is 6.09 Å². The van der Waals surface area contributed by atoms with Crippen LogP contribution in [-0.2, 0) is 4.74 Å². The molecule has 0 aliphatic heterocycles. The zero-order valence-electron chi connectivity index (χ0n) is 13.3. The standard InChI is InChI=1S/C18H16Cl3NO3/c1-24-17(23)22-12-7-8-15(14(19)9-12)25-10-13-16(18(13,20)21)11-5-3-2-4-6-11/h2-9,13,16H,10H2,1H3,(H,22,23). The number of carbonyl (C=O) groups is 1. The summed E-state index contributed by atoms with van der Waals surface area (Å²) in [5.74, 6) is 0.498. The van der Waals surface area contributed by atoms with E-state index >= 15 is 0 Å². The van der Waals surface area contributed by atoms with Gasteiger partial charge in [0.15, 0.2) is 0 Å². The number of amides is 1. The fraction of sp³-hybridized carbons (Fsp3) is 0.278. The van der Waals surface area contributed by atoms with Crippen molar-refractivity contribution in [3.63, 3.8) is 0 Å². The molecule has 2 unspecified atom stereocenters. The van der Waals surface area contributed by atoms with Crippen molar-refractivity contribution in [3.05, 3.63) is 59.1 Å². The number of benzene rings is 2. The van der Waals surface area contributed by atoms with E-state index in [4.69, 9.17) is 39.5 Å². The second-order valence-electron chi connectivity index (χ2n) is 5.74. The van der Waals surface area contributed by atoms with Crippen molar-refractivity contribution in [2.24, 2.45) is 5.92 Å². The summed E-state index contributed by atoms with van der Waals surface area (Å²) in [6.45, 7) is 0.343. The summed E-state index contributed by atoms with van der Waals surface area (Å²) >= 11 is 19.0. The number of ether oxygens (including phenoxy) is 2. The zero-order chi connectivity index (χ0) is 18.0. The first-order valence-corrected chi connectivity index (χ1v) is 8.77. The molecule has 1 amide bonds. The topological polar surface area (TPSA) is 47.6 Å². The summed E-state index contributed by atoms with van der Waals surface area (Å²) in [6.07, 6.45) is -0.567. The summed E-state index contributed by atoms with van der Waals surface area (Å²) in [5, 5.41) is 2.91. The molecule has 2 aromatic rings. The van der Waals surface area contributed by atoms with Crippen LogP contribution in [0.25, 0.3) is 0 Å². The van der Waals surface area contributed by atoms with E-state index in [0.717, 1.165) is 5.56 Å². The first-order chi connectivity index (χ1) is 11.9. The van der Waals surface area contributed by atoms with E-state index in [2.05, 4.69) is 10.1 Å². The summed E-state index contributed by atoms with van der Waals surface area (Å²) in [4.78, 5) is 11.2. The van der Waals surface area contributed by atoms with Crippen LogP contribution in [0.3, 0.4) is 0 Å². The van der Waals surface area contributed by atoms with Crippen LogP contribution in [-0.4, -0.2) is 24.1 Å². The molecule has 3 rings (SSSR count). The lowest BCUT2D eigenvalue weighted by Gasteiger charge is -2.10. The smallest absolute Gasteiger partial charge is 0.411 e. The van der Waals surface area contributed by atoms with Crippen LogP contribution in [0.5, 0.6) is 5.75 Å². The van der Waals surface area contributed by atoms with Crippen molar-refractivity contribution in [2.75, 3.05) is 19.0 Å². The van der Waals surface area contributed by atoms with Crippen molar-refractivity contribution in [2.45, 2.75) is 10.3 Å². The van der Waals surface area contributed by atoms with E-state index in [0.29, 0.717) is 23.1 Å². The van der Waals surface area contributed by atoms with Crippen molar-refractivity contribution in [1.29, 1.82) is 0 Å². The summed E-state index contributed by atoms with van der Waals surface area (Å²) in [7, 11) is 1.29. The first kappa shape index (κ1) is 18.2. The quantitative estimate of drug-likeness (QED) is 0.676. The molecule has 0 spiro atoms. The molecule has 1 saturated carbocycles. The van der Waals surface area contributed by atoms with E-state index in [9.17, 15) is 4.79 Å². The highest BCUT2D eigenvalue weighted by atomic mass is 35.5. The van der Waals surface area contributed by atoms with Crippen LogP contribution in [0.15, 0.2) is 48.5 Å². The maximum atomic E-state index is 11.2. The van der Waals surface area contributed by atoms with Crippen molar-refractivity contribution in [1.82, 2.24) is 0 Å². The van der Waals surface area contributed by atoms with Gasteiger partial charge in [0.05, 0.1) is 18.7 Å². The van der Waals surface area contributed by atoms with Gasteiger partial charge in [-0.25, -0.2) is 4.79 Å². The van der Waals surface area contributed by atoms with Crippen LogP contribution < -0.4 is 10.1 Å². The molecule has 7 heteroatoms. The molecular formula is C18H16Cl3NO3. The highest BCUT2D eigenvalue weighted by Crippen LogP contribution is 2.64. The summed E-state index contributed by atoms with van der Waals surface area (Å²) < 4.78 is 9.48. The predicted molar refractivity (Wildman–Crippen MR) is 100 cm³/mol. The molecule has 2 atom stereocenters. The van der Waals surface area contributed by atoms with Crippen molar-refractivity contribution < 1.29 is 14.3 Å². The predicted octanol–water partition coefficient (Wildman–Crippen LogP) is 5.48. The number of nitrogens with one attached hydrogen (secondary N) is 1. The number of carbonyl (C=O) groups excluding carboxylic acids is 1. The minimum atomic E-state index is -0.847. The number of anilines is 1. The molecular weight excluding hydrogens is 385 g/mol. The molecule has 4 nitrogen and oxygen atoms in total. The van der Waals surface area contributed by atoms with Gasteiger partial charge in [0.1, 0.15) is 10.1 Å². The van der Waals surface area contributed by atoms with Gasteiger partial charge in [-0.05, 0) is 23.8 Å². The Bertz CT molecular complexity index is 767. The minimum Gasteiger partial charge on any atom is -0.492 e. The largest absolute Gasteiger partial charge is 0.492 e. The Morgan fingerprint density at radius 1 is 1.20 bits per heavy atom. The maximum Gasteiger partial charge on any atom is 0.411 e. The molecule has 25 heavy (non-hydrogen) atoms. The van der Waals surface area contributed by atoms with E-state index in [-0.39, 0.29) is 11.8 Å². The van der Waals surface area contributed by atoms with Crippen molar-refractivity contribution in [3.8, 4) is 5.75 Å². The number of alkyl halides is 2. The fourth-order valence-corrected chi connectivity index (χ4v) is 3.80. The summed E-state index contributed by atoms with van der Waals surface area (Å²) in [5.41, 5.74) is 1.60. The Morgan fingerprint density at radius 3 is 2.56 bits per heavy atom. The summed E-state index contributed by atoms with van der Waals surface area (Å²) in [6, 6.07) is 14.8. The lowest BCUT2D eigenvalue weighted by Crippen LogP contribution is -2.11. The second-order valence-corrected chi connectivity index (χ2v) is 7.59. The molecule has 132 valence electrons. The molecule has 1 fully saturated rings. The molecule has 1 N–H and O–H groups in total. The molecule has 0 saturated heterocycles. The van der Waals surface area contributed by atoms with Gasteiger partial charge in [0.25, 0.3) is 0 Å². The normalized spacial score (nSPS) is 20.6. The van der Waals surface area contributed by atoms with E-state index < -0.39 is 10.4 Å². The molecule has 0 bridgehead atoms. The molecule has 1 aliphatic carbocycles. The lowest BCUT2D eigenvalue weighted by molar-refractivity contribution is 0.187. The number of hydrogen-bond donors (Lipinski definition) is 1. The van der Waals surface area contributed by atoms with Gasteiger partial charge in [-0.15, -0.1) is 23.2 Å². The van der Waals surface area contributed by atoms with Crippen LogP contribution >= 0.6 is 34.8 Å². The van der Waals surface area contributed by atoms with Crippen LogP contribution in [0.4, 0.5) is 10.5 Å². The van der Waals surface area contributed by atoms with E-state index in [1.54, 1.807) is 18.2 Å². The number of hydrogen-bond acceptors (Lipinski definition) is 3. The Balaban J connectivity index is 1.63. The molecule has 1 aliphatic rings. The van der Waals surface area contributed by atoms with Gasteiger partial charge in [-0.2, -0.15) is 0 Å². The Kier molecular flexibility index (Phi) is 5.32. The molecule has 0 radical (unpaired) electrons. The van der Waals surface area contributed by atoms with Crippen molar-refractivity contribution >= 4 is 46.6 Å². The fourth-order valence-electron chi connectivity index (χ4n) is 2.76. The van der Waals surface area contributed by atoms with Gasteiger partial charge in [-0.1, -0.05) is 41.9 Å². The van der Waals surface area contributed by atoms with Crippen LogP contribution in [0, 0.1) is 5.92 Å². The molecule has 0 aromatic heterocycles. The second kappa shape index (κ2) is 7.32. The monoisotopic (exact) mass is 399 g/mol. The number of halogens is 3. The zero-order valence-corrected chi connectivity index (χ0v) is 15.6. The third-order valence-electron chi connectivity index (χ3n) is 4.14. The average molecular weight is 401 g/mol. The number of methoxy groups -OCH3 is 1. The highest BCUT2D eigenvalue weighted by Gasteiger charge is 2.64. The Hall–Kier alpha value is -1.62. The van der Waals surface area contributed by atoms with E-state index in [1.807, 2.05) is 30.3 Å². The van der Waals surface area contributed by atoms with Gasteiger partial charge < -0.3 is 9.47 Å². The SMILES string of the molecule is COC(=O)Nc1ccc(OCC2C(c3ccccc3)C2(Cl)Cl)c(Cl)c1. The van der Waals surface area contributed by atoms with Gasteiger partial charge in [-0.3, -0.25) is 5.32 Å². The van der Waals surface area contributed by atoms with Gasteiger partial charge in [0, 0.05) is 17.5 Å². The van der Waals surface area contributed by atoms with E-state index in [1.165, 1.54) is 7.11 Å². The maximum absolute atomic E-state index is 11.2.